The summed E-state index contributed by atoms with van der Waals surface area (Å²) in [5, 5.41) is 28.4. The van der Waals surface area contributed by atoms with E-state index in [1.807, 2.05) is 14.1 Å². The quantitative estimate of drug-likeness (QED) is 0.226. The van der Waals surface area contributed by atoms with Crippen LogP contribution in [-0.4, -0.2) is 70.2 Å². The highest BCUT2D eigenvalue weighted by Crippen LogP contribution is 2.42. The SMILES string of the molecule is COc1cc(N2CCC[C@@H]2CN(C)C)c([N+](=O)[O-])cc1Nc1ncnc(Nc2cc(Cl)c(F)cc2C(C)(C)O)n1. The van der Waals surface area contributed by atoms with Crippen LogP contribution in [0.2, 0.25) is 5.02 Å². The van der Waals surface area contributed by atoms with Gasteiger partial charge in [0.15, 0.2) is 0 Å². The number of hydrogen-bond acceptors (Lipinski definition) is 11. The zero-order chi connectivity index (χ0) is 29.2. The van der Waals surface area contributed by atoms with E-state index in [0.717, 1.165) is 25.5 Å². The number of nitrogens with one attached hydrogen (secondary N) is 2. The molecule has 1 aliphatic rings. The Labute approximate surface area is 236 Å². The van der Waals surface area contributed by atoms with Crippen LogP contribution < -0.4 is 20.3 Å². The summed E-state index contributed by atoms with van der Waals surface area (Å²) in [6.45, 7) is 4.50. The summed E-state index contributed by atoms with van der Waals surface area (Å²) >= 11 is 5.97. The van der Waals surface area contributed by atoms with E-state index < -0.39 is 16.3 Å². The Morgan fingerprint density at radius 3 is 2.50 bits per heavy atom. The number of methoxy groups -OCH3 is 1. The van der Waals surface area contributed by atoms with Crippen LogP contribution in [0.3, 0.4) is 0 Å². The van der Waals surface area contributed by atoms with Crippen LogP contribution in [0.1, 0.15) is 32.3 Å². The third-order valence-corrected chi connectivity index (χ3v) is 6.83. The van der Waals surface area contributed by atoms with E-state index in [1.165, 1.54) is 39.4 Å². The number of halogens is 2. The van der Waals surface area contributed by atoms with Gasteiger partial charge in [-0.25, -0.2) is 14.4 Å². The molecular weight excluding hydrogens is 543 g/mol. The minimum atomic E-state index is -1.39. The van der Waals surface area contributed by atoms with Gasteiger partial charge >= 0.3 is 0 Å². The molecule has 0 spiro atoms. The molecule has 4 rings (SSSR count). The van der Waals surface area contributed by atoms with Crippen molar-refractivity contribution in [1.29, 1.82) is 0 Å². The van der Waals surface area contributed by atoms with Crippen molar-refractivity contribution < 1.29 is 19.2 Å². The molecule has 0 radical (unpaired) electrons. The number of likely N-dealkylation sites (N-methyl/N-ethyl adjacent to an activating group) is 1. The van der Waals surface area contributed by atoms with E-state index in [0.29, 0.717) is 29.4 Å². The number of benzene rings is 2. The molecule has 40 heavy (non-hydrogen) atoms. The van der Waals surface area contributed by atoms with Gasteiger partial charge in [-0.1, -0.05) is 11.6 Å². The number of rotatable bonds is 10. The van der Waals surface area contributed by atoms with Gasteiger partial charge in [-0.2, -0.15) is 4.98 Å². The Morgan fingerprint density at radius 1 is 1.23 bits per heavy atom. The summed E-state index contributed by atoms with van der Waals surface area (Å²) in [7, 11) is 5.44. The maximum atomic E-state index is 14.1. The van der Waals surface area contributed by atoms with Crippen molar-refractivity contribution in [3.63, 3.8) is 0 Å². The van der Waals surface area contributed by atoms with E-state index in [-0.39, 0.29) is 34.2 Å². The Morgan fingerprint density at radius 2 is 1.90 bits per heavy atom. The Kier molecular flexibility index (Phi) is 8.57. The average molecular weight is 575 g/mol. The molecule has 3 N–H and O–H groups in total. The largest absolute Gasteiger partial charge is 0.494 e. The molecule has 3 aromatic rings. The number of nitro groups is 1. The maximum absolute atomic E-state index is 14.1. The van der Waals surface area contributed by atoms with E-state index >= 15 is 0 Å². The molecule has 2 aromatic carbocycles. The molecule has 0 saturated carbocycles. The van der Waals surface area contributed by atoms with Crippen LogP contribution in [0.15, 0.2) is 30.6 Å². The minimum Gasteiger partial charge on any atom is -0.494 e. The topological polar surface area (TPSA) is 142 Å². The van der Waals surface area contributed by atoms with Crippen molar-refractivity contribution in [3.05, 3.63) is 57.1 Å². The summed E-state index contributed by atoms with van der Waals surface area (Å²) < 4.78 is 19.7. The van der Waals surface area contributed by atoms with Crippen molar-refractivity contribution in [3.8, 4) is 5.75 Å². The zero-order valence-electron chi connectivity index (χ0n) is 22.9. The summed E-state index contributed by atoms with van der Waals surface area (Å²) in [6.07, 6.45) is 3.11. The lowest BCUT2D eigenvalue weighted by atomic mass is 9.96. The van der Waals surface area contributed by atoms with Crippen LogP contribution in [0.25, 0.3) is 0 Å². The van der Waals surface area contributed by atoms with Gasteiger partial charge in [0.2, 0.25) is 11.9 Å². The highest BCUT2D eigenvalue weighted by Gasteiger charge is 2.32. The second kappa shape index (κ2) is 11.7. The first-order chi connectivity index (χ1) is 18.9. The van der Waals surface area contributed by atoms with E-state index in [1.54, 1.807) is 6.07 Å². The van der Waals surface area contributed by atoms with Crippen molar-refractivity contribution in [2.45, 2.75) is 38.3 Å². The lowest BCUT2D eigenvalue weighted by Crippen LogP contribution is -2.37. The lowest BCUT2D eigenvalue weighted by molar-refractivity contribution is -0.384. The molecule has 1 aliphatic heterocycles. The van der Waals surface area contributed by atoms with Gasteiger partial charge in [0.1, 0.15) is 23.6 Å². The molecule has 0 aliphatic carbocycles. The summed E-state index contributed by atoms with van der Waals surface area (Å²) in [5.41, 5.74) is -0.144. The Balaban J connectivity index is 1.66. The third-order valence-electron chi connectivity index (χ3n) is 6.54. The van der Waals surface area contributed by atoms with E-state index in [2.05, 4.69) is 35.4 Å². The van der Waals surface area contributed by atoms with Gasteiger partial charge < -0.3 is 30.3 Å². The minimum absolute atomic E-state index is 0.0688. The van der Waals surface area contributed by atoms with Crippen molar-refractivity contribution in [1.82, 2.24) is 19.9 Å². The lowest BCUT2D eigenvalue weighted by Gasteiger charge is -2.29. The first kappa shape index (κ1) is 29.2. The van der Waals surface area contributed by atoms with Gasteiger partial charge in [0.05, 0.1) is 28.3 Å². The van der Waals surface area contributed by atoms with Gasteiger partial charge in [0.25, 0.3) is 5.69 Å². The number of aromatic nitrogens is 3. The first-order valence-electron chi connectivity index (χ1n) is 12.6. The number of anilines is 5. The molecule has 0 unspecified atom stereocenters. The molecular formula is C26H32ClFN8O4. The standard InChI is InChI=1S/C26H32ClFN8O4/c1-26(2,37)16-9-18(28)17(27)10-19(16)31-24-29-14-30-25(33-24)32-20-11-22(36(38)39)21(12-23(20)40-5)35-8-6-7-15(35)13-34(3)4/h9-12,14-15,37H,6-8,13H2,1-5H3,(H2,29,30,31,32,33)/t15-/m1/s1. The fourth-order valence-electron chi connectivity index (χ4n) is 4.78. The molecule has 12 nitrogen and oxygen atoms in total. The fourth-order valence-corrected chi connectivity index (χ4v) is 4.94. The predicted octanol–water partition coefficient (Wildman–Crippen LogP) is 4.83. The number of nitro benzene ring substituents is 1. The van der Waals surface area contributed by atoms with Crippen molar-refractivity contribution in [2.75, 3.05) is 49.8 Å². The molecule has 1 atom stereocenters. The highest BCUT2D eigenvalue weighted by molar-refractivity contribution is 6.31. The predicted molar refractivity (Wildman–Crippen MR) is 152 cm³/mol. The summed E-state index contributed by atoms with van der Waals surface area (Å²) in [6, 6.07) is 5.67. The van der Waals surface area contributed by atoms with Gasteiger partial charge in [-0.15, -0.1) is 0 Å². The second-order valence-electron chi connectivity index (χ2n) is 10.3. The molecule has 1 aromatic heterocycles. The van der Waals surface area contributed by atoms with Gasteiger partial charge in [-0.05, 0) is 52.9 Å². The third kappa shape index (κ3) is 6.49. The smallest absolute Gasteiger partial charge is 0.294 e. The van der Waals surface area contributed by atoms with Crippen LogP contribution in [0, 0.1) is 15.9 Å². The van der Waals surface area contributed by atoms with Gasteiger partial charge in [-0.3, -0.25) is 10.1 Å². The Hall–Kier alpha value is -3.81. The van der Waals surface area contributed by atoms with Crippen LogP contribution in [-0.2, 0) is 5.60 Å². The number of ether oxygens (including phenoxy) is 1. The van der Waals surface area contributed by atoms with Crippen LogP contribution in [0.5, 0.6) is 5.75 Å². The average Bonchev–Trinajstić information content (AvgIpc) is 3.32. The van der Waals surface area contributed by atoms with E-state index in [4.69, 9.17) is 16.3 Å². The van der Waals surface area contributed by atoms with Gasteiger partial charge in [0, 0.05) is 42.5 Å². The molecule has 0 amide bonds. The summed E-state index contributed by atoms with van der Waals surface area (Å²) in [4.78, 5) is 28.4. The zero-order valence-corrected chi connectivity index (χ0v) is 23.7. The fraction of sp³-hybridized carbons (Fsp3) is 0.423. The Bertz CT molecular complexity index is 1400. The number of hydrogen-bond donors (Lipinski definition) is 3. The highest BCUT2D eigenvalue weighted by atomic mass is 35.5. The molecule has 2 heterocycles. The molecule has 1 saturated heterocycles. The molecule has 14 heteroatoms. The van der Waals surface area contributed by atoms with Crippen molar-refractivity contribution in [2.24, 2.45) is 0 Å². The molecule has 0 bridgehead atoms. The summed E-state index contributed by atoms with van der Waals surface area (Å²) in [5.74, 6) is -0.163. The van der Waals surface area contributed by atoms with Crippen LogP contribution >= 0.6 is 11.6 Å². The molecule has 1 fully saturated rings. The number of aliphatic hydroxyl groups is 1. The van der Waals surface area contributed by atoms with Crippen molar-refractivity contribution >= 4 is 46.2 Å². The maximum Gasteiger partial charge on any atom is 0.294 e. The molecule has 214 valence electrons. The normalized spacial score (nSPS) is 15.4. The number of nitrogens with zero attached hydrogens (tertiary/aromatic N) is 6. The van der Waals surface area contributed by atoms with E-state index in [9.17, 15) is 19.6 Å². The second-order valence-corrected chi connectivity index (χ2v) is 10.7. The first-order valence-corrected chi connectivity index (χ1v) is 13.0. The monoisotopic (exact) mass is 574 g/mol. The van der Waals surface area contributed by atoms with Crippen LogP contribution in [0.4, 0.5) is 39.0 Å².